The molecule has 5 heteroatoms. The van der Waals surface area contributed by atoms with Crippen LogP contribution < -0.4 is 0 Å². The van der Waals surface area contributed by atoms with Gasteiger partial charge in [-0.1, -0.05) is 6.07 Å². The van der Waals surface area contributed by atoms with Gasteiger partial charge >= 0.3 is 0 Å². The Morgan fingerprint density at radius 2 is 2.56 bits per heavy atom. The molecule has 3 rings (SSSR count). The van der Waals surface area contributed by atoms with Crippen molar-refractivity contribution in [2.24, 2.45) is 0 Å². The Hall–Kier alpha value is -1.17. The Balaban J connectivity index is 1.77. The van der Waals surface area contributed by atoms with Crippen molar-refractivity contribution in [1.82, 2.24) is 14.9 Å². The topological polar surface area (TPSA) is 41.1 Å². The molecule has 0 spiro atoms. The van der Waals surface area contributed by atoms with Gasteiger partial charge in [-0.25, -0.2) is 4.98 Å². The van der Waals surface area contributed by atoms with Crippen molar-refractivity contribution in [3.05, 3.63) is 40.1 Å². The molecule has 0 radical (unpaired) electrons. The normalized spacial score (nSPS) is 21.3. The van der Waals surface area contributed by atoms with E-state index in [1.807, 2.05) is 13.1 Å². The first-order valence-corrected chi connectivity index (χ1v) is 7.06. The highest BCUT2D eigenvalue weighted by Gasteiger charge is 2.26. The number of thiophene rings is 1. The van der Waals surface area contributed by atoms with Crippen molar-refractivity contribution in [3.8, 4) is 0 Å². The van der Waals surface area contributed by atoms with Crippen LogP contribution in [0.4, 0.5) is 0 Å². The first-order valence-electron chi connectivity index (χ1n) is 6.18. The number of nitrogens with one attached hydrogen (secondary N) is 1. The third kappa shape index (κ3) is 2.48. The summed E-state index contributed by atoms with van der Waals surface area (Å²) in [5.74, 6) is 1.02. The van der Waals surface area contributed by atoms with Crippen molar-refractivity contribution in [2.45, 2.75) is 19.5 Å². The molecule has 1 atom stereocenters. The van der Waals surface area contributed by atoms with Crippen molar-refractivity contribution < 1.29 is 4.74 Å². The van der Waals surface area contributed by atoms with E-state index in [1.54, 1.807) is 11.3 Å². The second-order valence-electron chi connectivity index (χ2n) is 4.59. The van der Waals surface area contributed by atoms with Crippen LogP contribution in [0.15, 0.2) is 23.7 Å². The molecule has 0 amide bonds. The molecule has 2 aromatic rings. The Morgan fingerprint density at radius 1 is 1.61 bits per heavy atom. The minimum Gasteiger partial charge on any atom is -0.378 e. The lowest BCUT2D eigenvalue weighted by Crippen LogP contribution is -2.39. The first kappa shape index (κ1) is 11.9. The number of ether oxygens (including phenoxy) is 1. The smallest absolute Gasteiger partial charge is 0.126 e. The molecule has 1 unspecified atom stereocenters. The van der Waals surface area contributed by atoms with Crippen LogP contribution in [0.5, 0.6) is 0 Å². The third-order valence-electron chi connectivity index (χ3n) is 3.22. The minimum atomic E-state index is 0.245. The Kier molecular flexibility index (Phi) is 3.45. The van der Waals surface area contributed by atoms with Crippen LogP contribution >= 0.6 is 11.3 Å². The third-order valence-corrected chi connectivity index (χ3v) is 4.08. The zero-order valence-electron chi connectivity index (χ0n) is 10.4. The Labute approximate surface area is 111 Å². The van der Waals surface area contributed by atoms with Gasteiger partial charge in [-0.05, 0) is 18.4 Å². The minimum absolute atomic E-state index is 0.245. The van der Waals surface area contributed by atoms with Gasteiger partial charge in [-0.15, -0.1) is 11.3 Å². The van der Waals surface area contributed by atoms with Crippen molar-refractivity contribution in [2.75, 3.05) is 19.8 Å². The summed E-state index contributed by atoms with van der Waals surface area (Å²) < 4.78 is 5.60. The molecule has 3 heterocycles. The highest BCUT2D eigenvalue weighted by Crippen LogP contribution is 2.25. The number of nitrogens with zero attached hydrogens (tertiary/aromatic N) is 2. The van der Waals surface area contributed by atoms with Gasteiger partial charge in [0.25, 0.3) is 0 Å². The van der Waals surface area contributed by atoms with Crippen LogP contribution in [0.3, 0.4) is 0 Å². The SMILES string of the molecule is Cc1cnc(C2COCCN2Cc2cccs2)[nH]1. The van der Waals surface area contributed by atoms with Crippen LogP contribution in [0.2, 0.25) is 0 Å². The van der Waals surface area contributed by atoms with Crippen molar-refractivity contribution in [1.29, 1.82) is 0 Å². The molecule has 4 nitrogen and oxygen atoms in total. The summed E-state index contributed by atoms with van der Waals surface area (Å²) in [6.07, 6.45) is 1.88. The maximum Gasteiger partial charge on any atom is 0.126 e. The van der Waals surface area contributed by atoms with Crippen LogP contribution in [0.25, 0.3) is 0 Å². The van der Waals surface area contributed by atoms with E-state index in [0.717, 1.165) is 37.8 Å². The molecule has 0 aliphatic carbocycles. The number of hydrogen-bond acceptors (Lipinski definition) is 4. The number of aryl methyl sites for hydroxylation is 1. The van der Waals surface area contributed by atoms with E-state index >= 15 is 0 Å². The quantitative estimate of drug-likeness (QED) is 0.924. The zero-order valence-corrected chi connectivity index (χ0v) is 11.2. The number of aromatic amines is 1. The molecule has 1 fully saturated rings. The molecule has 2 aromatic heterocycles. The standard InChI is InChI=1S/C13H17N3OS/c1-10-7-14-13(15-10)12-9-17-5-4-16(12)8-11-3-2-6-18-11/h2-3,6-7,12H,4-5,8-9H2,1H3,(H,14,15). The summed E-state index contributed by atoms with van der Waals surface area (Å²) in [4.78, 5) is 11.6. The summed E-state index contributed by atoms with van der Waals surface area (Å²) in [6.45, 7) is 5.50. The molecule has 0 saturated carbocycles. The van der Waals surface area contributed by atoms with Crippen LogP contribution in [-0.4, -0.2) is 34.6 Å². The fraction of sp³-hybridized carbons (Fsp3) is 0.462. The molecule has 18 heavy (non-hydrogen) atoms. The molecular formula is C13H17N3OS. The first-order chi connectivity index (χ1) is 8.83. The number of aromatic nitrogens is 2. The van der Waals surface area contributed by atoms with E-state index in [-0.39, 0.29) is 6.04 Å². The second kappa shape index (κ2) is 5.22. The summed E-state index contributed by atoms with van der Waals surface area (Å²) in [5.41, 5.74) is 1.10. The summed E-state index contributed by atoms with van der Waals surface area (Å²) in [5, 5.41) is 2.13. The Morgan fingerprint density at radius 3 is 3.28 bits per heavy atom. The van der Waals surface area contributed by atoms with E-state index in [0.29, 0.717) is 0 Å². The number of H-pyrrole nitrogens is 1. The molecule has 0 aromatic carbocycles. The summed E-state index contributed by atoms with van der Waals surface area (Å²) >= 11 is 1.81. The maximum absolute atomic E-state index is 5.60. The molecule has 1 N–H and O–H groups in total. The van der Waals surface area contributed by atoms with E-state index in [9.17, 15) is 0 Å². The fourth-order valence-electron chi connectivity index (χ4n) is 2.28. The van der Waals surface area contributed by atoms with Crippen molar-refractivity contribution >= 4 is 11.3 Å². The monoisotopic (exact) mass is 263 g/mol. The predicted octanol–water partition coefficient (Wildman–Crippen LogP) is 2.35. The highest BCUT2D eigenvalue weighted by molar-refractivity contribution is 7.09. The van der Waals surface area contributed by atoms with Gasteiger partial charge < -0.3 is 9.72 Å². The molecule has 1 aliphatic heterocycles. The molecule has 1 saturated heterocycles. The largest absolute Gasteiger partial charge is 0.378 e. The van der Waals surface area contributed by atoms with Crippen molar-refractivity contribution in [3.63, 3.8) is 0 Å². The van der Waals surface area contributed by atoms with Gasteiger partial charge in [0.15, 0.2) is 0 Å². The summed E-state index contributed by atoms with van der Waals surface area (Å²) in [7, 11) is 0. The fourth-order valence-corrected chi connectivity index (χ4v) is 3.01. The van der Waals surface area contributed by atoms with E-state index in [4.69, 9.17) is 4.74 Å². The van der Waals surface area contributed by atoms with Gasteiger partial charge in [0, 0.05) is 29.9 Å². The summed E-state index contributed by atoms with van der Waals surface area (Å²) in [6, 6.07) is 4.53. The van der Waals surface area contributed by atoms with Crippen LogP contribution in [-0.2, 0) is 11.3 Å². The average molecular weight is 263 g/mol. The number of morpholine rings is 1. The number of hydrogen-bond donors (Lipinski definition) is 1. The predicted molar refractivity (Wildman–Crippen MR) is 71.6 cm³/mol. The van der Waals surface area contributed by atoms with Gasteiger partial charge in [-0.2, -0.15) is 0 Å². The van der Waals surface area contributed by atoms with E-state index < -0.39 is 0 Å². The highest BCUT2D eigenvalue weighted by atomic mass is 32.1. The van der Waals surface area contributed by atoms with Crippen LogP contribution in [0, 0.1) is 6.92 Å². The van der Waals surface area contributed by atoms with Gasteiger partial charge in [0.2, 0.25) is 0 Å². The van der Waals surface area contributed by atoms with E-state index in [1.165, 1.54) is 4.88 Å². The molecular weight excluding hydrogens is 246 g/mol. The van der Waals surface area contributed by atoms with E-state index in [2.05, 4.69) is 32.4 Å². The second-order valence-corrected chi connectivity index (χ2v) is 5.62. The average Bonchev–Trinajstić information content (AvgIpc) is 3.02. The van der Waals surface area contributed by atoms with Crippen LogP contribution in [0.1, 0.15) is 22.4 Å². The zero-order chi connectivity index (χ0) is 12.4. The molecule has 96 valence electrons. The van der Waals surface area contributed by atoms with Gasteiger partial charge in [0.05, 0.1) is 19.3 Å². The lowest BCUT2D eigenvalue weighted by Gasteiger charge is -2.34. The lowest BCUT2D eigenvalue weighted by molar-refractivity contribution is -0.0152. The number of imidazole rings is 1. The van der Waals surface area contributed by atoms with Gasteiger partial charge in [0.1, 0.15) is 5.82 Å². The maximum atomic E-state index is 5.60. The Bertz CT molecular complexity index is 494. The van der Waals surface area contributed by atoms with Gasteiger partial charge in [-0.3, -0.25) is 4.90 Å². The number of rotatable bonds is 3. The molecule has 0 bridgehead atoms. The lowest BCUT2D eigenvalue weighted by atomic mass is 10.2. The molecule has 1 aliphatic rings.